The molecule has 3 atom stereocenters. The van der Waals surface area contributed by atoms with E-state index in [-0.39, 0.29) is 0 Å². The van der Waals surface area contributed by atoms with E-state index < -0.39 is 0 Å². The van der Waals surface area contributed by atoms with Crippen molar-refractivity contribution in [1.29, 1.82) is 0 Å². The van der Waals surface area contributed by atoms with Crippen LogP contribution in [-0.2, 0) is 11.3 Å². The van der Waals surface area contributed by atoms with Gasteiger partial charge in [-0.25, -0.2) is 0 Å². The fourth-order valence-electron chi connectivity index (χ4n) is 4.89. The molecule has 3 aliphatic rings. The molecule has 4 nitrogen and oxygen atoms in total. The molecule has 3 fully saturated rings. The van der Waals surface area contributed by atoms with Crippen LogP contribution in [0.25, 0.3) is 0 Å². The van der Waals surface area contributed by atoms with Gasteiger partial charge in [0.15, 0.2) is 0 Å². The minimum Gasteiger partial charge on any atom is -0.497 e. The van der Waals surface area contributed by atoms with Crippen LogP contribution < -0.4 is 4.74 Å². The normalized spacial score (nSPS) is 28.9. The highest BCUT2D eigenvalue weighted by molar-refractivity contribution is 5.27. The lowest BCUT2D eigenvalue weighted by atomic mass is 10.1. The Labute approximate surface area is 158 Å². The maximum Gasteiger partial charge on any atom is 0.118 e. The Balaban J connectivity index is 1.07. The zero-order valence-electron chi connectivity index (χ0n) is 16.2. The minimum absolute atomic E-state index is 0.831. The van der Waals surface area contributed by atoms with E-state index in [2.05, 4.69) is 34.1 Å². The molecule has 0 spiro atoms. The molecule has 0 radical (unpaired) electrons. The quantitative estimate of drug-likeness (QED) is 0.633. The molecule has 0 N–H and O–H groups in total. The summed E-state index contributed by atoms with van der Waals surface area (Å²) in [5, 5.41) is 0. The molecule has 0 bridgehead atoms. The number of nitrogens with zero attached hydrogens (tertiary/aromatic N) is 2. The molecular formula is C22H34N2O2. The molecule has 2 heterocycles. The van der Waals surface area contributed by atoms with Gasteiger partial charge in [0.1, 0.15) is 5.75 Å². The number of benzene rings is 1. The van der Waals surface area contributed by atoms with Gasteiger partial charge in [-0.15, -0.1) is 0 Å². The lowest BCUT2D eigenvalue weighted by Crippen LogP contribution is -2.31. The highest BCUT2D eigenvalue weighted by Gasteiger charge is 2.55. The van der Waals surface area contributed by atoms with Crippen LogP contribution in [0.3, 0.4) is 0 Å². The first-order chi connectivity index (χ1) is 12.8. The first kappa shape index (κ1) is 18.3. The average molecular weight is 359 g/mol. The van der Waals surface area contributed by atoms with Crippen molar-refractivity contribution in [2.45, 2.75) is 32.2 Å². The smallest absolute Gasteiger partial charge is 0.118 e. The van der Waals surface area contributed by atoms with Crippen LogP contribution in [0.2, 0.25) is 0 Å². The Hall–Kier alpha value is -1.10. The molecule has 1 aromatic carbocycles. The molecule has 2 saturated heterocycles. The van der Waals surface area contributed by atoms with Gasteiger partial charge < -0.3 is 14.4 Å². The Morgan fingerprint density at radius 3 is 2.38 bits per heavy atom. The molecular weight excluding hydrogens is 324 g/mol. The van der Waals surface area contributed by atoms with Crippen molar-refractivity contribution in [1.82, 2.24) is 9.80 Å². The van der Waals surface area contributed by atoms with Crippen molar-refractivity contribution in [2.75, 3.05) is 53.0 Å². The lowest BCUT2D eigenvalue weighted by Gasteiger charge is -2.26. The summed E-state index contributed by atoms with van der Waals surface area (Å²) in [5.41, 5.74) is 1.39. The zero-order chi connectivity index (χ0) is 17.8. The number of likely N-dealkylation sites (tertiary alicyclic amines) is 2. The van der Waals surface area contributed by atoms with Gasteiger partial charge in [-0.05, 0) is 67.8 Å². The topological polar surface area (TPSA) is 24.9 Å². The Kier molecular flexibility index (Phi) is 6.13. The summed E-state index contributed by atoms with van der Waals surface area (Å²) in [5.74, 6) is 3.54. The van der Waals surface area contributed by atoms with Crippen LogP contribution in [0.5, 0.6) is 5.75 Å². The van der Waals surface area contributed by atoms with Gasteiger partial charge >= 0.3 is 0 Å². The second-order valence-corrected chi connectivity index (χ2v) is 8.36. The highest BCUT2D eigenvalue weighted by atomic mass is 16.5. The fraction of sp³-hybridized carbons (Fsp3) is 0.727. The number of hydrogen-bond acceptors (Lipinski definition) is 4. The molecule has 4 rings (SSSR count). The van der Waals surface area contributed by atoms with E-state index >= 15 is 0 Å². The molecule has 0 aromatic heterocycles. The highest BCUT2D eigenvalue weighted by Crippen LogP contribution is 2.52. The summed E-state index contributed by atoms with van der Waals surface area (Å²) in [4.78, 5) is 5.21. The third-order valence-electron chi connectivity index (χ3n) is 6.53. The fourth-order valence-corrected chi connectivity index (χ4v) is 4.89. The van der Waals surface area contributed by atoms with E-state index in [1.807, 2.05) is 0 Å². The maximum atomic E-state index is 6.00. The van der Waals surface area contributed by atoms with Crippen LogP contribution >= 0.6 is 0 Å². The third-order valence-corrected chi connectivity index (χ3v) is 6.53. The molecule has 1 aliphatic carbocycles. The lowest BCUT2D eigenvalue weighted by molar-refractivity contribution is 0.0967. The number of fused-ring (bicyclic) bond motifs is 1. The summed E-state index contributed by atoms with van der Waals surface area (Å²) >= 11 is 0. The Morgan fingerprint density at radius 2 is 1.69 bits per heavy atom. The SMILES string of the molecule is COc1ccc(CN2C[C@@H]3[C@H](COCCCN4CCCCC4)[C@@H]3C2)cc1. The summed E-state index contributed by atoms with van der Waals surface area (Å²) in [6, 6.07) is 8.50. The summed E-state index contributed by atoms with van der Waals surface area (Å²) in [6.07, 6.45) is 5.40. The number of methoxy groups -OCH3 is 1. The van der Waals surface area contributed by atoms with Gasteiger partial charge in [0, 0.05) is 32.8 Å². The van der Waals surface area contributed by atoms with E-state index in [4.69, 9.17) is 9.47 Å². The molecule has 4 heteroatoms. The van der Waals surface area contributed by atoms with E-state index in [9.17, 15) is 0 Å². The van der Waals surface area contributed by atoms with Gasteiger partial charge in [-0.3, -0.25) is 4.90 Å². The average Bonchev–Trinajstić information content (AvgIpc) is 3.14. The van der Waals surface area contributed by atoms with Crippen LogP contribution in [-0.4, -0.2) is 62.8 Å². The van der Waals surface area contributed by atoms with Crippen molar-refractivity contribution >= 4 is 0 Å². The molecule has 2 aliphatic heterocycles. The number of piperidine rings is 2. The molecule has 26 heavy (non-hydrogen) atoms. The maximum absolute atomic E-state index is 6.00. The third kappa shape index (κ3) is 4.59. The second kappa shape index (κ2) is 8.73. The summed E-state index contributed by atoms with van der Waals surface area (Å²) in [6.45, 7) is 9.34. The van der Waals surface area contributed by atoms with Crippen molar-refractivity contribution in [3.8, 4) is 5.75 Å². The van der Waals surface area contributed by atoms with Gasteiger partial charge in [0.05, 0.1) is 13.7 Å². The predicted molar refractivity (Wildman–Crippen MR) is 104 cm³/mol. The number of rotatable bonds is 9. The van der Waals surface area contributed by atoms with Crippen molar-refractivity contribution in [2.24, 2.45) is 17.8 Å². The van der Waals surface area contributed by atoms with Gasteiger partial charge in [-0.2, -0.15) is 0 Å². The summed E-state index contributed by atoms with van der Waals surface area (Å²) in [7, 11) is 1.72. The van der Waals surface area contributed by atoms with E-state index in [0.717, 1.165) is 43.3 Å². The largest absolute Gasteiger partial charge is 0.497 e. The number of ether oxygens (including phenoxy) is 2. The van der Waals surface area contributed by atoms with E-state index in [1.165, 1.54) is 64.0 Å². The minimum atomic E-state index is 0.831. The van der Waals surface area contributed by atoms with Crippen LogP contribution in [0.4, 0.5) is 0 Å². The van der Waals surface area contributed by atoms with Crippen molar-refractivity contribution in [3.05, 3.63) is 29.8 Å². The van der Waals surface area contributed by atoms with E-state index in [0.29, 0.717) is 0 Å². The van der Waals surface area contributed by atoms with Crippen LogP contribution in [0, 0.1) is 17.8 Å². The molecule has 0 unspecified atom stereocenters. The van der Waals surface area contributed by atoms with Crippen molar-refractivity contribution in [3.63, 3.8) is 0 Å². The molecule has 144 valence electrons. The van der Waals surface area contributed by atoms with E-state index in [1.54, 1.807) is 7.11 Å². The Morgan fingerprint density at radius 1 is 0.962 bits per heavy atom. The zero-order valence-corrected chi connectivity index (χ0v) is 16.2. The van der Waals surface area contributed by atoms with Crippen LogP contribution in [0.15, 0.2) is 24.3 Å². The summed E-state index contributed by atoms with van der Waals surface area (Å²) < 4.78 is 11.2. The molecule has 0 amide bonds. The van der Waals surface area contributed by atoms with Crippen LogP contribution in [0.1, 0.15) is 31.2 Å². The first-order valence-corrected chi connectivity index (χ1v) is 10.5. The van der Waals surface area contributed by atoms with Gasteiger partial charge in [-0.1, -0.05) is 18.6 Å². The van der Waals surface area contributed by atoms with Crippen molar-refractivity contribution < 1.29 is 9.47 Å². The predicted octanol–water partition coefficient (Wildman–Crippen LogP) is 3.27. The number of hydrogen-bond donors (Lipinski definition) is 0. The standard InChI is InChI=1S/C22H34N2O2/c1-25-19-8-6-18(7-9-19)14-24-15-20-21(16-24)22(20)17-26-13-5-12-23-10-3-2-4-11-23/h6-9,20-22H,2-5,10-17H2,1H3/t20-,21+,22-. The monoisotopic (exact) mass is 358 g/mol. The second-order valence-electron chi connectivity index (χ2n) is 8.36. The molecule has 1 saturated carbocycles. The van der Waals surface area contributed by atoms with Gasteiger partial charge in [0.25, 0.3) is 0 Å². The Bertz CT molecular complexity index is 544. The van der Waals surface area contributed by atoms with Gasteiger partial charge in [0.2, 0.25) is 0 Å². The first-order valence-electron chi connectivity index (χ1n) is 10.5. The molecule has 1 aromatic rings.